The Morgan fingerprint density at radius 3 is 2.50 bits per heavy atom. The normalized spacial score (nSPS) is 14.2. The van der Waals surface area contributed by atoms with Gasteiger partial charge in [0.1, 0.15) is 0 Å². The molecule has 3 nitrogen and oxygen atoms in total. The number of aryl methyl sites for hydroxylation is 1. The maximum atomic E-state index is 9.68. The predicted molar refractivity (Wildman–Crippen MR) is 82.6 cm³/mol. The van der Waals surface area contributed by atoms with E-state index in [2.05, 4.69) is 59.5 Å². The monoisotopic (exact) mass is 272 g/mol. The zero-order chi connectivity index (χ0) is 14.4. The van der Waals surface area contributed by atoms with Crippen molar-refractivity contribution in [2.75, 3.05) is 6.54 Å². The summed E-state index contributed by atoms with van der Waals surface area (Å²) in [6.07, 6.45) is 2.56. The summed E-state index contributed by atoms with van der Waals surface area (Å²) in [5.41, 5.74) is 2.56. The van der Waals surface area contributed by atoms with E-state index in [1.54, 1.807) is 0 Å². The van der Waals surface area contributed by atoms with Crippen LogP contribution in [0, 0.1) is 0 Å². The standard InChI is InChI=1S/C17H24N2O/c1-14(20)11-16(15-7-4-3-5-8-15)12-18-13-17-9-6-10-19(17)2/h3-10,14,16,18,20H,11-13H2,1-2H3. The van der Waals surface area contributed by atoms with Crippen LogP contribution in [-0.2, 0) is 13.6 Å². The highest BCUT2D eigenvalue weighted by molar-refractivity contribution is 5.20. The average molecular weight is 272 g/mol. The Morgan fingerprint density at radius 1 is 1.15 bits per heavy atom. The van der Waals surface area contributed by atoms with Crippen molar-refractivity contribution in [2.24, 2.45) is 7.05 Å². The summed E-state index contributed by atoms with van der Waals surface area (Å²) in [6, 6.07) is 14.6. The zero-order valence-corrected chi connectivity index (χ0v) is 12.3. The Morgan fingerprint density at radius 2 is 1.90 bits per heavy atom. The van der Waals surface area contributed by atoms with Gasteiger partial charge >= 0.3 is 0 Å². The molecule has 2 unspecified atom stereocenters. The van der Waals surface area contributed by atoms with E-state index < -0.39 is 0 Å². The van der Waals surface area contributed by atoms with Crippen LogP contribution < -0.4 is 5.32 Å². The third-order valence-corrected chi connectivity index (χ3v) is 3.64. The Kier molecular flexibility index (Phi) is 5.39. The van der Waals surface area contributed by atoms with Gasteiger partial charge in [0.05, 0.1) is 6.10 Å². The van der Waals surface area contributed by atoms with Gasteiger partial charge in [0.2, 0.25) is 0 Å². The number of benzene rings is 1. The Balaban J connectivity index is 1.93. The second-order valence-corrected chi connectivity index (χ2v) is 5.43. The molecule has 0 radical (unpaired) electrons. The van der Waals surface area contributed by atoms with E-state index in [-0.39, 0.29) is 6.10 Å². The summed E-state index contributed by atoms with van der Waals surface area (Å²) in [5.74, 6) is 0.344. The summed E-state index contributed by atoms with van der Waals surface area (Å²) >= 11 is 0. The number of hydrogen-bond donors (Lipinski definition) is 2. The van der Waals surface area contributed by atoms with Crippen molar-refractivity contribution < 1.29 is 5.11 Å². The molecular weight excluding hydrogens is 248 g/mol. The Labute approximate surface area is 121 Å². The van der Waals surface area contributed by atoms with Crippen LogP contribution in [0.3, 0.4) is 0 Å². The molecule has 0 spiro atoms. The van der Waals surface area contributed by atoms with Crippen molar-refractivity contribution in [3.8, 4) is 0 Å². The molecule has 1 aromatic carbocycles. The van der Waals surface area contributed by atoms with Crippen LogP contribution in [0.25, 0.3) is 0 Å². The van der Waals surface area contributed by atoms with Gasteiger partial charge < -0.3 is 15.0 Å². The maximum Gasteiger partial charge on any atom is 0.0518 e. The summed E-state index contributed by atoms with van der Waals surface area (Å²) in [7, 11) is 2.06. The van der Waals surface area contributed by atoms with E-state index in [1.165, 1.54) is 11.3 Å². The zero-order valence-electron chi connectivity index (χ0n) is 12.3. The van der Waals surface area contributed by atoms with Crippen LogP contribution in [0.4, 0.5) is 0 Å². The highest BCUT2D eigenvalue weighted by Crippen LogP contribution is 2.20. The van der Waals surface area contributed by atoms with Crippen molar-refractivity contribution in [2.45, 2.75) is 31.9 Å². The molecule has 0 fully saturated rings. The van der Waals surface area contributed by atoms with Crippen LogP contribution in [0.2, 0.25) is 0 Å². The Bertz CT molecular complexity index is 505. The van der Waals surface area contributed by atoms with Crippen LogP contribution in [0.5, 0.6) is 0 Å². The molecule has 2 aromatic rings. The molecule has 0 aliphatic heterocycles. The minimum absolute atomic E-state index is 0.281. The van der Waals surface area contributed by atoms with Gasteiger partial charge in [-0.3, -0.25) is 0 Å². The average Bonchev–Trinajstić information content (AvgIpc) is 2.84. The minimum Gasteiger partial charge on any atom is -0.393 e. The first kappa shape index (κ1) is 14.8. The third-order valence-electron chi connectivity index (χ3n) is 3.64. The van der Waals surface area contributed by atoms with Crippen molar-refractivity contribution in [1.82, 2.24) is 9.88 Å². The molecule has 1 heterocycles. The molecular formula is C17H24N2O. The van der Waals surface area contributed by atoms with Crippen molar-refractivity contribution in [3.05, 3.63) is 59.9 Å². The molecule has 20 heavy (non-hydrogen) atoms. The van der Waals surface area contributed by atoms with Gasteiger partial charge in [0.25, 0.3) is 0 Å². The molecule has 0 saturated heterocycles. The molecule has 2 rings (SSSR count). The summed E-state index contributed by atoms with van der Waals surface area (Å²) in [6.45, 7) is 3.58. The first-order valence-corrected chi connectivity index (χ1v) is 7.20. The summed E-state index contributed by atoms with van der Waals surface area (Å²) in [5, 5.41) is 13.2. The minimum atomic E-state index is -0.281. The van der Waals surface area contributed by atoms with Gasteiger partial charge in [0.15, 0.2) is 0 Å². The fourth-order valence-electron chi connectivity index (χ4n) is 2.53. The number of aliphatic hydroxyl groups excluding tert-OH is 1. The number of nitrogens with zero attached hydrogens (tertiary/aromatic N) is 1. The summed E-state index contributed by atoms with van der Waals surface area (Å²) in [4.78, 5) is 0. The largest absolute Gasteiger partial charge is 0.393 e. The van der Waals surface area contributed by atoms with E-state index in [9.17, 15) is 5.11 Å². The van der Waals surface area contributed by atoms with E-state index in [0.29, 0.717) is 5.92 Å². The third kappa shape index (κ3) is 4.22. The van der Waals surface area contributed by atoms with Gasteiger partial charge in [0, 0.05) is 32.0 Å². The number of rotatable bonds is 7. The van der Waals surface area contributed by atoms with Gasteiger partial charge in [-0.2, -0.15) is 0 Å². The number of nitrogens with one attached hydrogen (secondary N) is 1. The lowest BCUT2D eigenvalue weighted by Crippen LogP contribution is -2.24. The first-order chi connectivity index (χ1) is 9.66. The van der Waals surface area contributed by atoms with Gasteiger partial charge in [-0.15, -0.1) is 0 Å². The topological polar surface area (TPSA) is 37.2 Å². The predicted octanol–water partition coefficient (Wildman–Crippen LogP) is 2.67. The second kappa shape index (κ2) is 7.27. The molecule has 2 N–H and O–H groups in total. The number of aromatic nitrogens is 1. The van der Waals surface area contributed by atoms with Gasteiger partial charge in [-0.1, -0.05) is 30.3 Å². The van der Waals surface area contributed by atoms with Crippen LogP contribution in [-0.4, -0.2) is 22.3 Å². The number of aliphatic hydroxyl groups is 1. The Hall–Kier alpha value is -1.58. The smallest absolute Gasteiger partial charge is 0.0518 e. The lowest BCUT2D eigenvalue weighted by atomic mass is 9.93. The molecule has 0 amide bonds. The van der Waals surface area contributed by atoms with Crippen LogP contribution in [0.15, 0.2) is 48.7 Å². The molecule has 0 saturated carbocycles. The SMILES string of the molecule is CC(O)CC(CNCc1cccn1C)c1ccccc1. The quantitative estimate of drug-likeness (QED) is 0.813. The molecule has 1 aromatic heterocycles. The van der Waals surface area contributed by atoms with E-state index >= 15 is 0 Å². The molecule has 3 heteroatoms. The van der Waals surface area contributed by atoms with E-state index in [1.807, 2.05) is 13.0 Å². The fourth-order valence-corrected chi connectivity index (χ4v) is 2.53. The number of hydrogen-bond acceptors (Lipinski definition) is 2. The van der Waals surface area contributed by atoms with Crippen molar-refractivity contribution in [1.29, 1.82) is 0 Å². The van der Waals surface area contributed by atoms with Gasteiger partial charge in [-0.25, -0.2) is 0 Å². The van der Waals surface area contributed by atoms with Crippen LogP contribution in [0.1, 0.15) is 30.5 Å². The molecule has 0 aliphatic rings. The van der Waals surface area contributed by atoms with E-state index in [4.69, 9.17) is 0 Å². The first-order valence-electron chi connectivity index (χ1n) is 7.20. The van der Waals surface area contributed by atoms with Crippen LogP contribution >= 0.6 is 0 Å². The second-order valence-electron chi connectivity index (χ2n) is 5.43. The summed E-state index contributed by atoms with van der Waals surface area (Å²) < 4.78 is 2.12. The van der Waals surface area contributed by atoms with Gasteiger partial charge in [-0.05, 0) is 37.0 Å². The molecule has 2 atom stereocenters. The highest BCUT2D eigenvalue weighted by Gasteiger charge is 2.13. The lowest BCUT2D eigenvalue weighted by molar-refractivity contribution is 0.173. The molecule has 0 aliphatic carbocycles. The fraction of sp³-hybridized carbons (Fsp3) is 0.412. The van der Waals surface area contributed by atoms with E-state index in [0.717, 1.165) is 19.5 Å². The molecule has 108 valence electrons. The highest BCUT2D eigenvalue weighted by atomic mass is 16.3. The lowest BCUT2D eigenvalue weighted by Gasteiger charge is -2.20. The van der Waals surface area contributed by atoms with Crippen molar-refractivity contribution in [3.63, 3.8) is 0 Å². The molecule has 0 bridgehead atoms. The maximum absolute atomic E-state index is 9.68. The van der Waals surface area contributed by atoms with Crippen molar-refractivity contribution >= 4 is 0 Å².